The second-order valence-electron chi connectivity index (χ2n) is 5.69. The van der Waals surface area contributed by atoms with Gasteiger partial charge in [-0.05, 0) is 36.8 Å². The normalized spacial score (nSPS) is 13.9. The van der Waals surface area contributed by atoms with Gasteiger partial charge in [0.2, 0.25) is 0 Å². The van der Waals surface area contributed by atoms with Crippen LogP contribution in [-0.4, -0.2) is 29.0 Å². The first-order valence-electron chi connectivity index (χ1n) is 7.95. The molecule has 0 unspecified atom stereocenters. The van der Waals surface area contributed by atoms with Gasteiger partial charge in [0.25, 0.3) is 0 Å². The number of hydrogen-bond acceptors (Lipinski definition) is 5. The van der Waals surface area contributed by atoms with Crippen molar-refractivity contribution in [3.8, 4) is 17.0 Å². The number of methoxy groups -OCH3 is 1. The van der Waals surface area contributed by atoms with E-state index in [0.29, 0.717) is 0 Å². The highest BCUT2D eigenvalue weighted by Gasteiger charge is 2.26. The lowest BCUT2D eigenvalue weighted by atomic mass is 10.1. The number of ether oxygens (including phenoxy) is 1. The maximum atomic E-state index is 5.16. The van der Waals surface area contributed by atoms with Crippen LogP contribution < -0.4 is 4.74 Å². The van der Waals surface area contributed by atoms with Crippen molar-refractivity contribution in [2.75, 3.05) is 7.11 Å². The van der Waals surface area contributed by atoms with Crippen LogP contribution in [0, 0.1) is 6.92 Å². The number of benzene rings is 2. The molecule has 5 nitrogen and oxygen atoms in total. The van der Waals surface area contributed by atoms with E-state index >= 15 is 0 Å². The first-order chi connectivity index (χ1) is 12.3. The molecular formula is C20H16N4O. The van der Waals surface area contributed by atoms with Gasteiger partial charge in [-0.25, -0.2) is 9.97 Å². The maximum absolute atomic E-state index is 5.16. The van der Waals surface area contributed by atoms with Crippen molar-refractivity contribution < 1.29 is 4.74 Å². The summed E-state index contributed by atoms with van der Waals surface area (Å²) in [5.74, 6) is 1.56. The van der Waals surface area contributed by atoms with E-state index in [1.54, 1.807) is 13.3 Å². The zero-order chi connectivity index (χ0) is 17.2. The molecule has 0 spiro atoms. The van der Waals surface area contributed by atoms with E-state index in [1.165, 1.54) is 0 Å². The van der Waals surface area contributed by atoms with Gasteiger partial charge in [-0.1, -0.05) is 24.3 Å². The van der Waals surface area contributed by atoms with Crippen molar-refractivity contribution in [2.45, 2.75) is 6.92 Å². The smallest absolute Gasteiger partial charge is 0.125 e. The Balaban J connectivity index is 1.72. The minimum absolute atomic E-state index is 0.747. The van der Waals surface area contributed by atoms with Crippen LogP contribution in [0.15, 0.2) is 64.9 Å². The van der Waals surface area contributed by atoms with E-state index in [9.17, 15) is 0 Å². The van der Waals surface area contributed by atoms with Gasteiger partial charge in [-0.2, -0.15) is 5.10 Å². The van der Waals surface area contributed by atoms with Crippen LogP contribution in [0.25, 0.3) is 11.3 Å². The Morgan fingerprint density at radius 3 is 2.48 bits per heavy atom. The zero-order valence-electron chi connectivity index (χ0n) is 14.0. The minimum Gasteiger partial charge on any atom is -0.497 e. The second kappa shape index (κ2) is 6.28. The standard InChI is InChI=1S/C20H16N4O/c1-13-21-12-18-19(23-13)16-5-3-4-6-17(16)20(18)24-22-11-14-7-9-15(25-2)10-8-14/h3-12H,1-2H3/b22-11+,24-20-. The van der Waals surface area contributed by atoms with E-state index in [0.717, 1.165) is 45.2 Å². The summed E-state index contributed by atoms with van der Waals surface area (Å²) in [5.41, 5.74) is 5.69. The fourth-order valence-electron chi connectivity index (χ4n) is 2.84. The predicted molar refractivity (Wildman–Crippen MR) is 98.4 cm³/mol. The Labute approximate surface area is 145 Å². The van der Waals surface area contributed by atoms with Crippen LogP contribution in [0.4, 0.5) is 0 Å². The Morgan fingerprint density at radius 1 is 0.960 bits per heavy atom. The number of nitrogens with zero attached hydrogens (tertiary/aromatic N) is 4. The largest absolute Gasteiger partial charge is 0.497 e. The van der Waals surface area contributed by atoms with Crippen LogP contribution in [0.5, 0.6) is 5.75 Å². The fourth-order valence-corrected chi connectivity index (χ4v) is 2.84. The van der Waals surface area contributed by atoms with Crippen molar-refractivity contribution >= 4 is 11.9 Å². The highest BCUT2D eigenvalue weighted by molar-refractivity contribution is 6.23. The Hall–Kier alpha value is -3.34. The molecule has 25 heavy (non-hydrogen) atoms. The first kappa shape index (κ1) is 15.2. The van der Waals surface area contributed by atoms with Crippen molar-refractivity contribution in [3.05, 3.63) is 77.2 Å². The molecule has 0 fully saturated rings. The van der Waals surface area contributed by atoms with Crippen molar-refractivity contribution in [1.82, 2.24) is 9.97 Å². The molecule has 5 heteroatoms. The minimum atomic E-state index is 0.747. The molecule has 0 atom stereocenters. The molecule has 3 aromatic rings. The molecule has 0 amide bonds. The van der Waals surface area contributed by atoms with Crippen LogP contribution in [0.1, 0.15) is 22.5 Å². The second-order valence-corrected chi connectivity index (χ2v) is 5.69. The van der Waals surface area contributed by atoms with E-state index in [1.807, 2.05) is 55.6 Å². The third-order valence-electron chi connectivity index (χ3n) is 4.08. The van der Waals surface area contributed by atoms with Crippen LogP contribution >= 0.6 is 0 Å². The summed E-state index contributed by atoms with van der Waals surface area (Å²) < 4.78 is 5.16. The lowest BCUT2D eigenvalue weighted by Gasteiger charge is -1.99. The Bertz CT molecular complexity index is 991. The SMILES string of the molecule is COc1ccc(/C=N/N=C2/c3ccccc3-c3nc(C)ncc32)cc1. The number of rotatable bonds is 3. The highest BCUT2D eigenvalue weighted by Crippen LogP contribution is 2.34. The monoisotopic (exact) mass is 328 g/mol. The Kier molecular flexibility index (Phi) is 3.82. The molecule has 122 valence electrons. The summed E-state index contributed by atoms with van der Waals surface area (Å²) >= 11 is 0. The molecule has 4 rings (SSSR count). The molecule has 0 bridgehead atoms. The van der Waals surface area contributed by atoms with Gasteiger partial charge < -0.3 is 4.74 Å². The molecule has 1 aliphatic carbocycles. The molecule has 1 heterocycles. The number of hydrogen-bond donors (Lipinski definition) is 0. The topological polar surface area (TPSA) is 59.7 Å². The summed E-state index contributed by atoms with van der Waals surface area (Å²) in [6, 6.07) is 15.7. The number of aromatic nitrogens is 2. The molecule has 0 aliphatic heterocycles. The average molecular weight is 328 g/mol. The van der Waals surface area contributed by atoms with Crippen molar-refractivity contribution in [1.29, 1.82) is 0 Å². The highest BCUT2D eigenvalue weighted by atomic mass is 16.5. The summed E-state index contributed by atoms with van der Waals surface area (Å²) in [5, 5.41) is 8.71. The van der Waals surface area contributed by atoms with Crippen molar-refractivity contribution in [3.63, 3.8) is 0 Å². The van der Waals surface area contributed by atoms with E-state index in [2.05, 4.69) is 26.2 Å². The van der Waals surface area contributed by atoms with Crippen LogP contribution in [-0.2, 0) is 0 Å². The third-order valence-corrected chi connectivity index (χ3v) is 4.08. The molecule has 0 saturated carbocycles. The summed E-state index contributed by atoms with van der Waals surface area (Å²) in [7, 11) is 1.65. The Morgan fingerprint density at radius 2 is 1.72 bits per heavy atom. The predicted octanol–water partition coefficient (Wildman–Crippen LogP) is 3.65. The van der Waals surface area contributed by atoms with E-state index in [4.69, 9.17) is 4.74 Å². The summed E-state index contributed by atoms with van der Waals surface area (Å²) in [6.07, 6.45) is 3.54. The lowest BCUT2D eigenvalue weighted by Crippen LogP contribution is -1.99. The van der Waals surface area contributed by atoms with Gasteiger partial charge in [0.15, 0.2) is 0 Å². The zero-order valence-corrected chi connectivity index (χ0v) is 14.0. The molecule has 0 radical (unpaired) electrons. The molecule has 0 N–H and O–H groups in total. The molecule has 1 aromatic heterocycles. The van der Waals surface area contributed by atoms with Crippen molar-refractivity contribution in [2.24, 2.45) is 10.2 Å². The molecular weight excluding hydrogens is 312 g/mol. The van der Waals surface area contributed by atoms with Gasteiger partial charge in [-0.3, -0.25) is 0 Å². The molecule has 0 saturated heterocycles. The van der Waals surface area contributed by atoms with E-state index < -0.39 is 0 Å². The molecule has 2 aromatic carbocycles. The number of fused-ring (bicyclic) bond motifs is 3. The van der Waals surface area contributed by atoms with Gasteiger partial charge >= 0.3 is 0 Å². The van der Waals surface area contributed by atoms with Gasteiger partial charge in [0.05, 0.1) is 19.0 Å². The van der Waals surface area contributed by atoms with Gasteiger partial charge in [0, 0.05) is 22.9 Å². The number of aryl methyl sites for hydroxylation is 1. The van der Waals surface area contributed by atoms with Crippen LogP contribution in [0.3, 0.4) is 0 Å². The van der Waals surface area contributed by atoms with E-state index in [-0.39, 0.29) is 0 Å². The average Bonchev–Trinajstić information content (AvgIpc) is 2.96. The third kappa shape index (κ3) is 2.80. The maximum Gasteiger partial charge on any atom is 0.125 e. The fraction of sp³-hybridized carbons (Fsp3) is 0.100. The summed E-state index contributed by atoms with van der Waals surface area (Å²) in [6.45, 7) is 1.89. The molecule has 1 aliphatic rings. The van der Waals surface area contributed by atoms with Gasteiger partial charge in [-0.15, -0.1) is 5.10 Å². The first-order valence-corrected chi connectivity index (χ1v) is 7.95. The lowest BCUT2D eigenvalue weighted by molar-refractivity contribution is 0.415. The quantitative estimate of drug-likeness (QED) is 0.426. The van der Waals surface area contributed by atoms with Gasteiger partial charge in [0.1, 0.15) is 17.3 Å². The summed E-state index contributed by atoms with van der Waals surface area (Å²) in [4.78, 5) is 8.88. The van der Waals surface area contributed by atoms with Crippen LogP contribution in [0.2, 0.25) is 0 Å².